The fourth-order valence-electron chi connectivity index (χ4n) is 5.64. The number of likely N-dealkylation sites (tertiary alicyclic amines) is 1. The third kappa shape index (κ3) is 5.49. The van der Waals surface area contributed by atoms with Gasteiger partial charge in [-0.15, -0.1) is 5.10 Å². The summed E-state index contributed by atoms with van der Waals surface area (Å²) >= 11 is 0. The molecule has 2 aromatic carbocycles. The molecule has 40 heavy (non-hydrogen) atoms. The molecule has 10 heteroatoms. The van der Waals surface area contributed by atoms with Crippen molar-refractivity contribution >= 4 is 17.4 Å². The van der Waals surface area contributed by atoms with Gasteiger partial charge < -0.3 is 10.2 Å². The fraction of sp³-hybridized carbons (Fsp3) is 0.333. The van der Waals surface area contributed by atoms with Gasteiger partial charge in [0.1, 0.15) is 0 Å². The summed E-state index contributed by atoms with van der Waals surface area (Å²) in [6.45, 7) is 2.33. The molecule has 0 spiro atoms. The predicted octanol–water partition coefficient (Wildman–Crippen LogP) is 6.00. The third-order valence-corrected chi connectivity index (χ3v) is 7.74. The second-order valence-electron chi connectivity index (χ2n) is 10.4. The van der Waals surface area contributed by atoms with E-state index in [-0.39, 0.29) is 17.5 Å². The van der Waals surface area contributed by atoms with Gasteiger partial charge in [-0.2, -0.15) is 22.8 Å². The zero-order valence-electron chi connectivity index (χ0n) is 21.9. The number of alkyl halides is 3. The van der Waals surface area contributed by atoms with Crippen LogP contribution in [0.4, 0.5) is 24.8 Å². The van der Waals surface area contributed by atoms with Crippen LogP contribution in [-0.4, -0.2) is 49.6 Å². The van der Waals surface area contributed by atoms with Crippen LogP contribution in [0.3, 0.4) is 0 Å². The maximum Gasteiger partial charge on any atom is 0.453 e. The van der Waals surface area contributed by atoms with Gasteiger partial charge in [-0.25, -0.2) is 4.98 Å². The van der Waals surface area contributed by atoms with Crippen molar-refractivity contribution in [1.29, 1.82) is 0 Å². The molecule has 1 aliphatic carbocycles. The highest BCUT2D eigenvalue weighted by Crippen LogP contribution is 2.31. The molecule has 4 aromatic rings. The first kappa shape index (κ1) is 26.2. The molecule has 0 radical (unpaired) electrons. The van der Waals surface area contributed by atoms with Gasteiger partial charge in [-0.05, 0) is 87.0 Å². The molecule has 0 saturated carbocycles. The third-order valence-electron chi connectivity index (χ3n) is 7.74. The molecule has 2 aliphatic rings. The van der Waals surface area contributed by atoms with E-state index in [1.54, 1.807) is 24.3 Å². The van der Waals surface area contributed by atoms with Gasteiger partial charge in [0, 0.05) is 29.1 Å². The molecule has 1 saturated heterocycles. The number of nitrogens with zero attached hydrogens (tertiary/aromatic N) is 5. The van der Waals surface area contributed by atoms with Gasteiger partial charge in [-0.1, -0.05) is 36.4 Å². The Balaban J connectivity index is 1.25. The van der Waals surface area contributed by atoms with Crippen LogP contribution in [-0.2, 0) is 19.0 Å². The molecule has 3 heterocycles. The Morgan fingerprint density at radius 3 is 2.35 bits per heavy atom. The Morgan fingerprint density at radius 2 is 1.65 bits per heavy atom. The Kier molecular flexibility index (Phi) is 7.10. The summed E-state index contributed by atoms with van der Waals surface area (Å²) in [4.78, 5) is 23.3. The van der Waals surface area contributed by atoms with Crippen molar-refractivity contribution in [2.24, 2.45) is 0 Å². The van der Waals surface area contributed by atoms with Gasteiger partial charge in [-0.3, -0.25) is 4.79 Å². The Labute approximate surface area is 230 Å². The molecule has 206 valence electrons. The summed E-state index contributed by atoms with van der Waals surface area (Å²) in [6, 6.07) is 18.2. The predicted molar refractivity (Wildman–Crippen MR) is 145 cm³/mol. The number of benzene rings is 2. The van der Waals surface area contributed by atoms with Crippen molar-refractivity contribution in [1.82, 2.24) is 24.6 Å². The minimum atomic E-state index is -4.73. The number of hydrogen-bond donors (Lipinski definition) is 1. The van der Waals surface area contributed by atoms with Gasteiger partial charge >= 0.3 is 6.18 Å². The number of hydrogen-bond acceptors (Lipinski definition) is 6. The molecule has 1 aliphatic heterocycles. The number of rotatable bonds is 6. The van der Waals surface area contributed by atoms with E-state index in [0.717, 1.165) is 30.4 Å². The van der Waals surface area contributed by atoms with Crippen molar-refractivity contribution in [2.45, 2.75) is 50.7 Å². The lowest BCUT2D eigenvalue weighted by Gasteiger charge is -2.25. The minimum absolute atomic E-state index is 0.106. The monoisotopic (exact) mass is 546 g/mol. The van der Waals surface area contributed by atoms with E-state index in [1.807, 2.05) is 18.2 Å². The number of ketones is 1. The summed E-state index contributed by atoms with van der Waals surface area (Å²) in [5, 5.41) is 6.74. The zero-order valence-corrected chi connectivity index (χ0v) is 21.9. The minimum Gasteiger partial charge on any atom is -0.324 e. The highest BCUT2D eigenvalue weighted by molar-refractivity contribution is 6.08. The number of pyridine rings is 1. The average Bonchev–Trinajstić information content (AvgIpc) is 3.60. The first-order chi connectivity index (χ1) is 19.3. The average molecular weight is 547 g/mol. The Morgan fingerprint density at radius 1 is 0.900 bits per heavy atom. The SMILES string of the molecule is O=C(c1ccccc1)c1ccc(-n2nc(C(F)(F)F)nc2Nc2ccc3c(c2)CCC(N2CCCC2)CC3)nc1. The van der Waals surface area contributed by atoms with E-state index in [0.29, 0.717) is 22.9 Å². The lowest BCUT2D eigenvalue weighted by Crippen LogP contribution is -2.32. The number of nitrogens with one attached hydrogen (secondary N) is 1. The normalized spacial score (nSPS) is 17.8. The molecule has 1 fully saturated rings. The van der Waals surface area contributed by atoms with Crippen molar-refractivity contribution in [3.63, 3.8) is 0 Å². The Bertz CT molecular complexity index is 1490. The zero-order chi connectivity index (χ0) is 27.7. The second kappa shape index (κ2) is 10.8. The van der Waals surface area contributed by atoms with E-state index in [1.165, 1.54) is 55.4 Å². The van der Waals surface area contributed by atoms with Crippen LogP contribution < -0.4 is 5.32 Å². The molecule has 1 atom stereocenters. The van der Waals surface area contributed by atoms with Crippen molar-refractivity contribution in [3.05, 3.63) is 94.9 Å². The van der Waals surface area contributed by atoms with Crippen LogP contribution in [0.1, 0.15) is 58.6 Å². The fourth-order valence-corrected chi connectivity index (χ4v) is 5.64. The lowest BCUT2D eigenvalue weighted by molar-refractivity contribution is -0.144. The summed E-state index contributed by atoms with van der Waals surface area (Å²) in [6.07, 6.45) is 3.23. The van der Waals surface area contributed by atoms with E-state index in [9.17, 15) is 18.0 Å². The van der Waals surface area contributed by atoms with Gasteiger partial charge in [0.25, 0.3) is 5.82 Å². The molecule has 0 amide bonds. The van der Waals surface area contributed by atoms with E-state index >= 15 is 0 Å². The standard InChI is InChI=1S/C30H29F3N6O/c31-30(32,33)28-36-29(39(37-28)26-15-11-23(19-34-26)27(40)21-6-2-1-3-7-21)35-24-12-8-20-9-13-25(14-10-22(20)18-24)38-16-4-5-17-38/h1-3,6-8,11-12,15,18-19,25H,4-5,9-10,13-14,16-17H2,(H,35,36,37). The lowest BCUT2D eigenvalue weighted by atomic mass is 10.0. The maximum atomic E-state index is 13.6. The highest BCUT2D eigenvalue weighted by Gasteiger charge is 2.37. The van der Waals surface area contributed by atoms with Gasteiger partial charge in [0.05, 0.1) is 0 Å². The highest BCUT2D eigenvalue weighted by atomic mass is 19.4. The van der Waals surface area contributed by atoms with Crippen LogP contribution in [0.2, 0.25) is 0 Å². The molecule has 1 unspecified atom stereocenters. The van der Waals surface area contributed by atoms with Crippen LogP contribution in [0.15, 0.2) is 66.9 Å². The van der Waals surface area contributed by atoms with Crippen molar-refractivity contribution in [2.75, 3.05) is 18.4 Å². The van der Waals surface area contributed by atoms with Crippen LogP contribution >= 0.6 is 0 Å². The van der Waals surface area contributed by atoms with E-state index < -0.39 is 12.0 Å². The maximum absolute atomic E-state index is 13.6. The summed E-state index contributed by atoms with van der Waals surface area (Å²) in [7, 11) is 0. The molecule has 1 N–H and O–H groups in total. The molecule has 7 nitrogen and oxygen atoms in total. The smallest absolute Gasteiger partial charge is 0.324 e. The van der Waals surface area contributed by atoms with Crippen LogP contribution in [0.5, 0.6) is 0 Å². The summed E-state index contributed by atoms with van der Waals surface area (Å²) < 4.78 is 41.8. The number of carbonyl (C=O) groups is 1. The summed E-state index contributed by atoms with van der Waals surface area (Å²) in [5.41, 5.74) is 3.94. The van der Waals surface area contributed by atoms with Gasteiger partial charge in [0.15, 0.2) is 11.6 Å². The number of halogens is 3. The number of fused-ring (bicyclic) bond motifs is 1. The molecular weight excluding hydrogens is 517 g/mol. The van der Waals surface area contributed by atoms with Crippen molar-refractivity contribution < 1.29 is 18.0 Å². The quantitative estimate of drug-likeness (QED) is 0.236. The largest absolute Gasteiger partial charge is 0.453 e. The van der Waals surface area contributed by atoms with Crippen molar-refractivity contribution in [3.8, 4) is 5.82 Å². The van der Waals surface area contributed by atoms with Crippen LogP contribution in [0.25, 0.3) is 5.82 Å². The Hall–Kier alpha value is -4.05. The first-order valence-corrected chi connectivity index (χ1v) is 13.6. The summed E-state index contributed by atoms with van der Waals surface area (Å²) in [5.74, 6) is -1.50. The number of carbonyl (C=O) groups excluding carboxylic acids is 1. The number of aromatic nitrogens is 4. The number of aryl methyl sites for hydroxylation is 2. The molecular formula is C30H29F3N6O. The molecule has 0 bridgehead atoms. The van der Waals surface area contributed by atoms with Gasteiger partial charge in [0.2, 0.25) is 5.95 Å². The topological polar surface area (TPSA) is 75.9 Å². The molecule has 2 aromatic heterocycles. The van der Waals surface area contributed by atoms with E-state index in [2.05, 4.69) is 31.3 Å². The number of anilines is 2. The van der Waals surface area contributed by atoms with E-state index in [4.69, 9.17) is 0 Å². The van der Waals surface area contributed by atoms with Crippen LogP contribution in [0, 0.1) is 0 Å². The molecule has 6 rings (SSSR count). The second-order valence-corrected chi connectivity index (χ2v) is 10.4. The first-order valence-electron chi connectivity index (χ1n) is 13.6.